The third-order valence-electron chi connectivity index (χ3n) is 7.39. The molecule has 0 spiro atoms. The number of aromatic nitrogens is 1. The number of ether oxygens (including phenoxy) is 1. The number of alkyl halides is 2. The maximum atomic E-state index is 14.7. The molecule has 2 aliphatic rings. The van der Waals surface area contributed by atoms with Gasteiger partial charge in [-0.2, -0.15) is 8.78 Å². The van der Waals surface area contributed by atoms with Crippen LogP contribution in [0.25, 0.3) is 15.8 Å². The molecule has 1 fully saturated rings. The molecule has 0 N–H and O–H groups in total. The molecule has 1 saturated carbocycles. The van der Waals surface area contributed by atoms with Crippen molar-refractivity contribution in [1.29, 1.82) is 0 Å². The average molecular weight is 508 g/mol. The number of benzene rings is 2. The Morgan fingerprint density at radius 2 is 1.66 bits per heavy atom. The van der Waals surface area contributed by atoms with Gasteiger partial charge in [0.15, 0.2) is 17.5 Å². The number of rotatable bonds is 5. The number of fused-ring (bicyclic) bond motifs is 1. The van der Waals surface area contributed by atoms with Crippen LogP contribution in [0.5, 0.6) is 5.75 Å². The molecule has 2 nitrogen and oxygen atoms in total. The summed E-state index contributed by atoms with van der Waals surface area (Å²) < 4.78 is 74.4. The largest absolute Gasteiger partial charge is 0.454 e. The van der Waals surface area contributed by atoms with Crippen LogP contribution in [0.15, 0.2) is 36.4 Å². The summed E-state index contributed by atoms with van der Waals surface area (Å²) in [5.74, 6) is -3.40. The normalized spacial score (nSPS) is 23.4. The van der Waals surface area contributed by atoms with Gasteiger partial charge in [0.1, 0.15) is 5.75 Å². The van der Waals surface area contributed by atoms with Gasteiger partial charge in [-0.1, -0.05) is 31.9 Å². The third kappa shape index (κ3) is 5.08. The Hall–Kier alpha value is -2.48. The molecule has 0 bridgehead atoms. The molecule has 0 saturated heterocycles. The molecule has 0 aliphatic heterocycles. The van der Waals surface area contributed by atoms with E-state index in [0.29, 0.717) is 22.3 Å². The second kappa shape index (κ2) is 9.52. The van der Waals surface area contributed by atoms with Gasteiger partial charge in [-0.25, -0.2) is 18.2 Å². The minimum atomic E-state index is -3.94. The molecule has 1 atom stereocenters. The fraction of sp³-hybridized carbons (Fsp3) is 0.444. The Balaban J connectivity index is 1.32. The fourth-order valence-corrected chi connectivity index (χ4v) is 6.25. The summed E-state index contributed by atoms with van der Waals surface area (Å²) in [4.78, 5) is 3.97. The van der Waals surface area contributed by atoms with Crippen molar-refractivity contribution < 1.29 is 26.7 Å². The van der Waals surface area contributed by atoms with E-state index in [-0.39, 0.29) is 0 Å². The van der Waals surface area contributed by atoms with Crippen molar-refractivity contribution in [3.63, 3.8) is 0 Å². The zero-order chi connectivity index (χ0) is 24.7. The molecular weight excluding hydrogens is 481 g/mol. The van der Waals surface area contributed by atoms with Crippen molar-refractivity contribution in [1.82, 2.24) is 4.98 Å². The second-order valence-electron chi connectivity index (χ2n) is 9.81. The van der Waals surface area contributed by atoms with Crippen LogP contribution in [-0.2, 0) is 6.11 Å². The topological polar surface area (TPSA) is 22.1 Å². The highest BCUT2D eigenvalue weighted by Crippen LogP contribution is 2.42. The highest BCUT2D eigenvalue weighted by atomic mass is 32.1. The van der Waals surface area contributed by atoms with E-state index in [9.17, 15) is 22.0 Å². The lowest BCUT2D eigenvalue weighted by atomic mass is 9.71. The van der Waals surface area contributed by atoms with Crippen molar-refractivity contribution in [2.45, 2.75) is 58.0 Å². The zero-order valence-corrected chi connectivity index (χ0v) is 20.1. The summed E-state index contributed by atoms with van der Waals surface area (Å²) in [6.07, 6.45) is 6.80. The minimum absolute atomic E-state index is 0.383. The molecule has 1 heterocycles. The molecule has 0 amide bonds. The molecular formula is C27H26F5NOS. The molecule has 2 aromatic carbocycles. The number of halogens is 5. The van der Waals surface area contributed by atoms with Gasteiger partial charge in [-0.3, -0.25) is 0 Å². The lowest BCUT2D eigenvalue weighted by Crippen LogP contribution is -2.22. The highest BCUT2D eigenvalue weighted by Gasteiger charge is 2.39. The molecule has 0 radical (unpaired) electrons. The first-order valence-corrected chi connectivity index (χ1v) is 12.8. The van der Waals surface area contributed by atoms with E-state index in [4.69, 9.17) is 0 Å². The Morgan fingerprint density at radius 3 is 2.31 bits per heavy atom. The summed E-state index contributed by atoms with van der Waals surface area (Å²) in [7, 11) is 0. The molecule has 3 aromatic rings. The van der Waals surface area contributed by atoms with E-state index in [2.05, 4.69) is 22.7 Å². The minimum Gasteiger partial charge on any atom is -0.427 e. The fourth-order valence-electron chi connectivity index (χ4n) is 5.33. The lowest BCUT2D eigenvalue weighted by molar-refractivity contribution is -0.185. The predicted molar refractivity (Wildman–Crippen MR) is 127 cm³/mol. The highest BCUT2D eigenvalue weighted by molar-refractivity contribution is 7.18. The molecule has 35 heavy (non-hydrogen) atoms. The Morgan fingerprint density at radius 1 is 0.943 bits per heavy atom. The number of hydrogen-bond donors (Lipinski definition) is 0. The Labute approximate surface area is 204 Å². The van der Waals surface area contributed by atoms with E-state index in [1.807, 2.05) is 12.1 Å². The van der Waals surface area contributed by atoms with Crippen molar-refractivity contribution in [2.24, 2.45) is 17.8 Å². The zero-order valence-electron chi connectivity index (χ0n) is 19.3. The number of thiazole rings is 1. The Bertz CT molecular complexity index is 1240. The average Bonchev–Trinajstić information content (AvgIpc) is 3.28. The third-order valence-corrected chi connectivity index (χ3v) is 8.46. The molecule has 186 valence electrons. The maximum Gasteiger partial charge on any atom is 0.454 e. The van der Waals surface area contributed by atoms with Crippen molar-refractivity contribution in [3.05, 3.63) is 64.4 Å². The van der Waals surface area contributed by atoms with Crippen molar-refractivity contribution in [2.75, 3.05) is 0 Å². The Kier molecular flexibility index (Phi) is 6.59. The van der Waals surface area contributed by atoms with Crippen LogP contribution in [-0.4, -0.2) is 4.98 Å². The first-order chi connectivity index (χ1) is 16.7. The van der Waals surface area contributed by atoms with Crippen LogP contribution < -0.4 is 4.74 Å². The van der Waals surface area contributed by atoms with Crippen LogP contribution in [0.4, 0.5) is 22.0 Å². The van der Waals surface area contributed by atoms with Crippen LogP contribution in [0.2, 0.25) is 0 Å². The SMILES string of the molecule is CC1CCC(C2CC=C(c3ccc4nc(C(F)(F)Oc5cc(F)c(F)c(F)c5)sc4c3)CC2)CC1. The summed E-state index contributed by atoms with van der Waals surface area (Å²) in [5.41, 5.74) is 2.61. The van der Waals surface area contributed by atoms with Gasteiger partial charge in [0, 0.05) is 12.1 Å². The molecule has 5 rings (SSSR count). The van der Waals surface area contributed by atoms with Gasteiger partial charge in [0.05, 0.1) is 10.2 Å². The predicted octanol–water partition coefficient (Wildman–Crippen LogP) is 8.85. The van der Waals surface area contributed by atoms with Gasteiger partial charge in [-0.05, 0) is 73.1 Å². The first-order valence-electron chi connectivity index (χ1n) is 12.0. The standard InChI is InChI=1S/C27H26F5NOS/c1-15-2-4-16(5-3-15)17-6-8-18(9-7-17)19-10-11-23-24(12-19)35-26(33-23)27(31,32)34-20-13-21(28)25(30)22(29)14-20/h8,10-17H,2-7,9H2,1H3. The summed E-state index contributed by atoms with van der Waals surface area (Å²) in [5, 5.41) is -0.640. The van der Waals surface area contributed by atoms with E-state index < -0.39 is 34.3 Å². The lowest BCUT2D eigenvalue weighted by Gasteiger charge is -2.34. The maximum absolute atomic E-state index is 14.7. The van der Waals surface area contributed by atoms with Gasteiger partial charge in [-0.15, -0.1) is 11.3 Å². The van der Waals surface area contributed by atoms with E-state index in [1.165, 1.54) is 31.3 Å². The summed E-state index contributed by atoms with van der Waals surface area (Å²) in [6, 6.07) is 6.22. The quantitative estimate of drug-likeness (QED) is 0.254. The van der Waals surface area contributed by atoms with Crippen LogP contribution in [0.3, 0.4) is 0 Å². The number of hydrogen-bond acceptors (Lipinski definition) is 3. The molecule has 1 unspecified atom stereocenters. The van der Waals surface area contributed by atoms with Crippen LogP contribution >= 0.6 is 11.3 Å². The van der Waals surface area contributed by atoms with Gasteiger partial charge in [0.25, 0.3) is 0 Å². The van der Waals surface area contributed by atoms with Crippen LogP contribution in [0.1, 0.15) is 62.4 Å². The monoisotopic (exact) mass is 507 g/mol. The number of allylic oxidation sites excluding steroid dienone is 2. The van der Waals surface area contributed by atoms with Crippen molar-refractivity contribution in [3.8, 4) is 5.75 Å². The molecule has 1 aromatic heterocycles. The van der Waals surface area contributed by atoms with Crippen LogP contribution in [0, 0.1) is 35.2 Å². The van der Waals surface area contributed by atoms with Gasteiger partial charge < -0.3 is 4.74 Å². The van der Waals surface area contributed by atoms with E-state index in [1.54, 1.807) is 6.07 Å². The van der Waals surface area contributed by atoms with Crippen molar-refractivity contribution >= 4 is 27.1 Å². The number of nitrogens with zero attached hydrogens (tertiary/aromatic N) is 1. The van der Waals surface area contributed by atoms with Gasteiger partial charge >= 0.3 is 6.11 Å². The second-order valence-corrected chi connectivity index (χ2v) is 10.8. The van der Waals surface area contributed by atoms with Gasteiger partial charge in [0.2, 0.25) is 5.01 Å². The molecule has 2 aliphatic carbocycles. The van der Waals surface area contributed by atoms with E-state index >= 15 is 0 Å². The smallest absolute Gasteiger partial charge is 0.427 e. The van der Waals surface area contributed by atoms with E-state index in [0.717, 1.165) is 53.9 Å². The molecule has 8 heteroatoms. The summed E-state index contributed by atoms with van der Waals surface area (Å²) in [6.45, 7) is 2.33. The summed E-state index contributed by atoms with van der Waals surface area (Å²) >= 11 is 0.762. The first kappa shape index (κ1) is 24.2.